The van der Waals surface area contributed by atoms with Crippen LogP contribution in [0.15, 0.2) is 24.5 Å². The van der Waals surface area contributed by atoms with Crippen LogP contribution in [-0.4, -0.2) is 21.5 Å². The summed E-state index contributed by atoms with van der Waals surface area (Å²) in [4.78, 5) is 11.6. The maximum atomic E-state index is 12.8. The number of imidazole rings is 1. The van der Waals surface area contributed by atoms with E-state index in [1.165, 1.54) is 12.3 Å². The predicted octanol–water partition coefficient (Wildman–Crippen LogP) is 2.70. The normalized spacial score (nSPS) is 12.9. The van der Waals surface area contributed by atoms with E-state index in [4.69, 9.17) is 5.73 Å². The molecule has 2 heterocycles. The maximum Gasteiger partial charge on any atom is 0.141 e. The van der Waals surface area contributed by atoms with Gasteiger partial charge in [-0.05, 0) is 24.5 Å². The highest BCUT2D eigenvalue weighted by Gasteiger charge is 2.15. The molecule has 0 aliphatic heterocycles. The van der Waals surface area contributed by atoms with Gasteiger partial charge in [0, 0.05) is 12.5 Å². The minimum Gasteiger partial charge on any atom is -0.340 e. The van der Waals surface area contributed by atoms with Crippen LogP contribution in [0.4, 0.5) is 4.39 Å². The summed E-state index contributed by atoms with van der Waals surface area (Å²) in [7, 11) is 0. The van der Waals surface area contributed by atoms with E-state index in [1.807, 2.05) is 0 Å². The minimum absolute atomic E-state index is 0.217. The van der Waals surface area contributed by atoms with Crippen molar-refractivity contribution in [1.29, 1.82) is 0 Å². The second-order valence-electron chi connectivity index (χ2n) is 5.11. The third-order valence-electron chi connectivity index (χ3n) is 3.03. The summed E-state index contributed by atoms with van der Waals surface area (Å²) in [6, 6.07) is 3.02. The molecule has 0 radical (unpaired) electrons. The highest BCUT2D eigenvalue weighted by atomic mass is 19.1. The molecule has 2 aromatic heterocycles. The molecular formula is C14H19FN4. The Morgan fingerprint density at radius 1 is 1.26 bits per heavy atom. The number of nitrogens with two attached hydrogens (primary N) is 1. The molecule has 0 aliphatic rings. The Morgan fingerprint density at radius 3 is 2.63 bits per heavy atom. The quantitative estimate of drug-likeness (QED) is 0.870. The standard InChI is InChI=1S/C14H19FN4/c1-9(2)5-10(6-16)14-18-8-13(19-14)12-4-3-11(15)7-17-12/h3-4,7-10H,5-6,16H2,1-2H3,(H,18,19). The van der Waals surface area contributed by atoms with Gasteiger partial charge < -0.3 is 10.7 Å². The number of H-pyrrole nitrogens is 1. The topological polar surface area (TPSA) is 67.6 Å². The van der Waals surface area contributed by atoms with E-state index in [-0.39, 0.29) is 11.7 Å². The lowest BCUT2D eigenvalue weighted by molar-refractivity contribution is 0.490. The summed E-state index contributed by atoms with van der Waals surface area (Å²) >= 11 is 0. The average molecular weight is 262 g/mol. The molecule has 1 atom stereocenters. The van der Waals surface area contributed by atoms with E-state index < -0.39 is 0 Å². The molecule has 3 N–H and O–H groups in total. The fourth-order valence-corrected chi connectivity index (χ4v) is 2.10. The molecule has 0 saturated carbocycles. The molecule has 0 bridgehead atoms. The van der Waals surface area contributed by atoms with Gasteiger partial charge in [-0.1, -0.05) is 13.8 Å². The van der Waals surface area contributed by atoms with Crippen molar-refractivity contribution in [3.63, 3.8) is 0 Å². The molecule has 1 unspecified atom stereocenters. The predicted molar refractivity (Wildman–Crippen MR) is 73.0 cm³/mol. The molecule has 4 nitrogen and oxygen atoms in total. The van der Waals surface area contributed by atoms with Gasteiger partial charge in [0.15, 0.2) is 0 Å². The van der Waals surface area contributed by atoms with Crippen molar-refractivity contribution in [1.82, 2.24) is 15.0 Å². The Morgan fingerprint density at radius 2 is 2.05 bits per heavy atom. The van der Waals surface area contributed by atoms with Crippen LogP contribution in [0.1, 0.15) is 32.0 Å². The first-order valence-electron chi connectivity index (χ1n) is 6.47. The van der Waals surface area contributed by atoms with Gasteiger partial charge in [0.2, 0.25) is 0 Å². The Balaban J connectivity index is 2.20. The molecule has 19 heavy (non-hydrogen) atoms. The molecule has 0 saturated heterocycles. The number of aromatic amines is 1. The van der Waals surface area contributed by atoms with Gasteiger partial charge in [-0.3, -0.25) is 4.98 Å². The van der Waals surface area contributed by atoms with E-state index in [1.54, 1.807) is 12.3 Å². The van der Waals surface area contributed by atoms with Crippen molar-refractivity contribution >= 4 is 0 Å². The zero-order valence-corrected chi connectivity index (χ0v) is 11.2. The number of rotatable bonds is 5. The Bertz CT molecular complexity index is 518. The van der Waals surface area contributed by atoms with Crippen LogP contribution in [-0.2, 0) is 0 Å². The number of halogens is 1. The number of hydrogen-bond donors (Lipinski definition) is 2. The van der Waals surface area contributed by atoms with E-state index in [9.17, 15) is 4.39 Å². The third kappa shape index (κ3) is 3.38. The van der Waals surface area contributed by atoms with Gasteiger partial charge in [0.05, 0.1) is 23.8 Å². The molecular weight excluding hydrogens is 243 g/mol. The zero-order valence-electron chi connectivity index (χ0n) is 11.2. The molecule has 0 fully saturated rings. The molecule has 0 amide bonds. The van der Waals surface area contributed by atoms with Crippen molar-refractivity contribution in [3.8, 4) is 11.4 Å². The van der Waals surface area contributed by atoms with Gasteiger partial charge in [-0.2, -0.15) is 0 Å². The van der Waals surface area contributed by atoms with Crippen LogP contribution in [0.5, 0.6) is 0 Å². The monoisotopic (exact) mass is 262 g/mol. The molecule has 0 aliphatic carbocycles. The highest BCUT2D eigenvalue weighted by Crippen LogP contribution is 2.23. The minimum atomic E-state index is -0.344. The van der Waals surface area contributed by atoms with Crippen LogP contribution in [0.2, 0.25) is 0 Å². The fraction of sp³-hybridized carbons (Fsp3) is 0.429. The fourth-order valence-electron chi connectivity index (χ4n) is 2.10. The lowest BCUT2D eigenvalue weighted by Crippen LogP contribution is -2.16. The van der Waals surface area contributed by atoms with Crippen LogP contribution in [0.3, 0.4) is 0 Å². The first-order valence-corrected chi connectivity index (χ1v) is 6.47. The van der Waals surface area contributed by atoms with Crippen molar-refractivity contribution < 1.29 is 4.39 Å². The number of nitrogens with zero attached hydrogens (tertiary/aromatic N) is 2. The van der Waals surface area contributed by atoms with Crippen molar-refractivity contribution in [2.24, 2.45) is 11.7 Å². The maximum absolute atomic E-state index is 12.8. The first kappa shape index (κ1) is 13.7. The molecule has 5 heteroatoms. The third-order valence-corrected chi connectivity index (χ3v) is 3.03. The van der Waals surface area contributed by atoms with Gasteiger partial charge in [0.25, 0.3) is 0 Å². The highest BCUT2D eigenvalue weighted by molar-refractivity contribution is 5.52. The van der Waals surface area contributed by atoms with E-state index in [2.05, 4.69) is 28.8 Å². The van der Waals surface area contributed by atoms with Crippen molar-refractivity contribution in [2.75, 3.05) is 6.54 Å². The van der Waals surface area contributed by atoms with E-state index >= 15 is 0 Å². The van der Waals surface area contributed by atoms with Crippen LogP contribution < -0.4 is 5.73 Å². The van der Waals surface area contributed by atoms with Gasteiger partial charge in [0.1, 0.15) is 11.6 Å². The summed E-state index contributed by atoms with van der Waals surface area (Å²) < 4.78 is 12.8. The van der Waals surface area contributed by atoms with E-state index in [0.717, 1.165) is 17.9 Å². The number of pyridine rings is 1. The smallest absolute Gasteiger partial charge is 0.141 e. The van der Waals surface area contributed by atoms with Crippen molar-refractivity contribution in [2.45, 2.75) is 26.2 Å². The molecule has 0 spiro atoms. The summed E-state index contributed by atoms with van der Waals surface area (Å²) in [5.74, 6) is 1.31. The Labute approximate surface area is 112 Å². The van der Waals surface area contributed by atoms with Gasteiger partial charge in [-0.15, -0.1) is 0 Å². The average Bonchev–Trinajstić information content (AvgIpc) is 2.86. The van der Waals surface area contributed by atoms with Crippen LogP contribution in [0, 0.1) is 11.7 Å². The van der Waals surface area contributed by atoms with Crippen molar-refractivity contribution in [3.05, 3.63) is 36.2 Å². The van der Waals surface area contributed by atoms with Gasteiger partial charge >= 0.3 is 0 Å². The molecule has 102 valence electrons. The molecule has 2 aromatic rings. The van der Waals surface area contributed by atoms with Crippen LogP contribution >= 0.6 is 0 Å². The summed E-state index contributed by atoms with van der Waals surface area (Å²) in [6.45, 7) is 4.88. The SMILES string of the molecule is CC(C)CC(CN)c1ncc(-c2ccc(F)cn2)[nH]1. The summed E-state index contributed by atoms with van der Waals surface area (Å²) in [5, 5.41) is 0. The van der Waals surface area contributed by atoms with E-state index in [0.29, 0.717) is 18.2 Å². The lowest BCUT2D eigenvalue weighted by Gasteiger charge is -2.14. The molecule has 2 rings (SSSR count). The lowest BCUT2D eigenvalue weighted by atomic mass is 9.97. The molecule has 0 aromatic carbocycles. The number of nitrogens with one attached hydrogen (secondary N) is 1. The van der Waals surface area contributed by atoms with Crippen LogP contribution in [0.25, 0.3) is 11.4 Å². The Kier molecular flexibility index (Phi) is 4.27. The number of hydrogen-bond acceptors (Lipinski definition) is 3. The number of aromatic nitrogens is 3. The summed E-state index contributed by atoms with van der Waals surface area (Å²) in [6.07, 6.45) is 3.91. The second kappa shape index (κ2) is 5.93. The summed E-state index contributed by atoms with van der Waals surface area (Å²) in [5.41, 5.74) is 7.27. The largest absolute Gasteiger partial charge is 0.340 e. The second-order valence-corrected chi connectivity index (χ2v) is 5.11. The van der Waals surface area contributed by atoms with Gasteiger partial charge in [-0.25, -0.2) is 9.37 Å². The Hall–Kier alpha value is -1.75. The first-order chi connectivity index (χ1) is 9.10. The zero-order chi connectivity index (χ0) is 13.8.